The van der Waals surface area contributed by atoms with Crippen LogP contribution in [0, 0.1) is 6.92 Å². The lowest BCUT2D eigenvalue weighted by atomic mass is 9.77. The Bertz CT molecular complexity index is 905. The molecule has 0 saturated carbocycles. The van der Waals surface area contributed by atoms with Gasteiger partial charge in [0.05, 0.1) is 7.11 Å². The molecule has 2 aliphatic rings. The number of phenolic OH excluding ortho intramolecular Hbond substituents is 2. The Balaban J connectivity index is 1.96. The topological polar surface area (TPSA) is 105 Å². The van der Waals surface area contributed by atoms with Gasteiger partial charge < -0.3 is 29.5 Å². The smallest absolute Gasteiger partial charge is 0.210 e. The van der Waals surface area contributed by atoms with Gasteiger partial charge in [0.25, 0.3) is 0 Å². The molecule has 0 fully saturated rings. The Morgan fingerprint density at radius 2 is 2.08 bits per heavy atom. The van der Waals surface area contributed by atoms with E-state index in [1.165, 1.54) is 31.4 Å². The number of aliphatic hydroxyl groups is 1. The molecule has 0 spiro atoms. The van der Waals surface area contributed by atoms with Gasteiger partial charge in [0.2, 0.25) is 5.78 Å². The summed E-state index contributed by atoms with van der Waals surface area (Å²) in [4.78, 5) is 13.2. The van der Waals surface area contributed by atoms with E-state index in [0.29, 0.717) is 11.3 Å². The summed E-state index contributed by atoms with van der Waals surface area (Å²) in [6, 6.07) is 5.89. The summed E-state index contributed by atoms with van der Waals surface area (Å²) >= 11 is 0. The van der Waals surface area contributed by atoms with Crippen LogP contribution in [0.1, 0.15) is 21.5 Å². The molecule has 2 aromatic rings. The monoisotopic (exact) mass is 344 g/mol. The zero-order chi connectivity index (χ0) is 17.9. The fraction of sp³-hybridized carbons (Fsp3) is 0.278. The number of aromatic hydroxyl groups is 2. The highest BCUT2D eigenvalue weighted by Crippen LogP contribution is 2.51. The predicted octanol–water partition coefficient (Wildman–Crippen LogP) is 1.64. The van der Waals surface area contributed by atoms with Crippen LogP contribution in [0.25, 0.3) is 0 Å². The van der Waals surface area contributed by atoms with Gasteiger partial charge in [-0.05, 0) is 13.0 Å². The zero-order valence-corrected chi connectivity index (χ0v) is 13.6. The van der Waals surface area contributed by atoms with Gasteiger partial charge in [-0.1, -0.05) is 12.1 Å². The molecule has 0 saturated heterocycles. The number of hydrogen-bond donors (Lipinski definition) is 3. The van der Waals surface area contributed by atoms with Crippen molar-refractivity contribution in [3.8, 4) is 28.7 Å². The van der Waals surface area contributed by atoms with E-state index in [9.17, 15) is 20.1 Å². The van der Waals surface area contributed by atoms with E-state index in [1.54, 1.807) is 6.92 Å². The number of methoxy groups -OCH3 is 1. The van der Waals surface area contributed by atoms with Gasteiger partial charge in [-0.25, -0.2) is 0 Å². The molecule has 130 valence electrons. The number of ketones is 1. The fourth-order valence-corrected chi connectivity index (χ4v) is 3.41. The van der Waals surface area contributed by atoms with Crippen molar-refractivity contribution >= 4 is 5.78 Å². The third-order valence-electron chi connectivity index (χ3n) is 4.78. The molecular formula is C18H16O7. The van der Waals surface area contributed by atoms with Gasteiger partial charge in [-0.15, -0.1) is 0 Å². The maximum atomic E-state index is 13.2. The summed E-state index contributed by atoms with van der Waals surface area (Å²) < 4.78 is 16.4. The van der Waals surface area contributed by atoms with E-state index in [2.05, 4.69) is 0 Å². The highest BCUT2D eigenvalue weighted by molar-refractivity contribution is 6.09. The Kier molecular flexibility index (Phi) is 3.14. The third kappa shape index (κ3) is 1.87. The summed E-state index contributed by atoms with van der Waals surface area (Å²) in [6.45, 7) is 1.46. The molecule has 0 aromatic heterocycles. The van der Waals surface area contributed by atoms with Gasteiger partial charge in [0.1, 0.15) is 29.4 Å². The van der Waals surface area contributed by atoms with Crippen molar-refractivity contribution in [3.63, 3.8) is 0 Å². The van der Waals surface area contributed by atoms with Crippen molar-refractivity contribution < 1.29 is 34.3 Å². The molecule has 3 N–H and O–H groups in total. The number of fused-ring (bicyclic) bond motifs is 4. The van der Waals surface area contributed by atoms with E-state index in [4.69, 9.17) is 14.2 Å². The quantitative estimate of drug-likeness (QED) is 0.722. The lowest BCUT2D eigenvalue weighted by Gasteiger charge is -2.43. The summed E-state index contributed by atoms with van der Waals surface area (Å²) in [5, 5.41) is 31.6. The Labute approximate surface area is 143 Å². The third-order valence-corrected chi connectivity index (χ3v) is 4.78. The highest BCUT2D eigenvalue weighted by Gasteiger charge is 2.57. The van der Waals surface area contributed by atoms with Gasteiger partial charge >= 0.3 is 0 Å². The maximum Gasteiger partial charge on any atom is 0.210 e. The maximum absolute atomic E-state index is 13.2. The average Bonchev–Trinajstić information content (AvgIpc) is 2.60. The lowest BCUT2D eigenvalue weighted by molar-refractivity contribution is -0.0806. The number of Topliss-reactive ketones (excluding diaryl/α,β-unsaturated/α-hetero) is 1. The molecule has 4 rings (SSSR count). The first kappa shape index (κ1) is 15.6. The number of para-hydroxylation sites is 1. The van der Waals surface area contributed by atoms with E-state index in [-0.39, 0.29) is 40.7 Å². The first-order chi connectivity index (χ1) is 11.9. The van der Waals surface area contributed by atoms with Crippen LogP contribution in [0.2, 0.25) is 0 Å². The molecule has 2 heterocycles. The van der Waals surface area contributed by atoms with E-state index in [1.807, 2.05) is 0 Å². The van der Waals surface area contributed by atoms with Crippen molar-refractivity contribution in [3.05, 3.63) is 41.0 Å². The zero-order valence-electron chi connectivity index (χ0n) is 13.6. The van der Waals surface area contributed by atoms with Crippen LogP contribution >= 0.6 is 0 Å². The largest absolute Gasteiger partial charge is 0.507 e. The molecule has 7 nitrogen and oxygen atoms in total. The van der Waals surface area contributed by atoms with Crippen LogP contribution in [0.3, 0.4) is 0 Å². The van der Waals surface area contributed by atoms with Gasteiger partial charge in [-0.3, -0.25) is 4.79 Å². The molecule has 2 atom stereocenters. The van der Waals surface area contributed by atoms with Crippen LogP contribution in [0.15, 0.2) is 24.3 Å². The van der Waals surface area contributed by atoms with Gasteiger partial charge in [0, 0.05) is 17.2 Å². The minimum absolute atomic E-state index is 0.0337. The lowest BCUT2D eigenvalue weighted by Crippen LogP contribution is -2.57. The number of rotatable bonds is 1. The first-order valence-corrected chi connectivity index (χ1v) is 7.69. The van der Waals surface area contributed by atoms with Gasteiger partial charge in [-0.2, -0.15) is 0 Å². The normalized spacial score (nSPS) is 23.6. The van der Waals surface area contributed by atoms with E-state index >= 15 is 0 Å². The van der Waals surface area contributed by atoms with Crippen molar-refractivity contribution in [2.75, 3.05) is 13.7 Å². The minimum atomic E-state index is -2.07. The number of carbonyl (C=O) groups excluding carboxylic acids is 1. The Hall–Kier alpha value is -2.93. The Morgan fingerprint density at radius 3 is 2.80 bits per heavy atom. The number of phenols is 2. The molecule has 2 aliphatic heterocycles. The van der Waals surface area contributed by atoms with Crippen LogP contribution in [-0.2, 0) is 5.60 Å². The highest BCUT2D eigenvalue weighted by atomic mass is 16.6. The predicted molar refractivity (Wildman–Crippen MR) is 85.6 cm³/mol. The fourth-order valence-electron chi connectivity index (χ4n) is 3.41. The molecule has 0 aliphatic carbocycles. The molecule has 0 bridgehead atoms. The van der Waals surface area contributed by atoms with Gasteiger partial charge in [0.15, 0.2) is 23.2 Å². The molecule has 7 heteroatoms. The van der Waals surface area contributed by atoms with E-state index in [0.717, 1.165) is 0 Å². The van der Waals surface area contributed by atoms with Crippen LogP contribution in [0.5, 0.6) is 28.7 Å². The summed E-state index contributed by atoms with van der Waals surface area (Å²) in [7, 11) is 1.44. The second-order valence-electron chi connectivity index (χ2n) is 6.09. The number of hydrogen-bond acceptors (Lipinski definition) is 7. The number of ether oxygens (including phenoxy) is 3. The van der Waals surface area contributed by atoms with Crippen molar-refractivity contribution in [1.82, 2.24) is 0 Å². The number of carbonyl (C=O) groups is 1. The molecule has 0 radical (unpaired) electrons. The summed E-state index contributed by atoms with van der Waals surface area (Å²) in [5.74, 6) is -0.683. The SMILES string of the molecule is COc1cc2c(c(O)c1C)C(=O)[C@@]1(O)c3cccc(O)c3OC[C@@H]1O2. The molecule has 0 amide bonds. The summed E-state index contributed by atoms with van der Waals surface area (Å²) in [6.07, 6.45) is -1.02. The van der Waals surface area contributed by atoms with Crippen molar-refractivity contribution in [2.45, 2.75) is 18.6 Å². The molecule has 0 unspecified atom stereocenters. The van der Waals surface area contributed by atoms with Crippen molar-refractivity contribution in [2.24, 2.45) is 0 Å². The standard InChI is InChI=1S/C18H16O7/c1-8-11(23-2)6-12-14(15(8)20)17(21)18(22)9-4-3-5-10(19)16(9)24-7-13(18)25-12/h3-6,13,19-20,22H,7H2,1-2H3/t13-,18+/m0/s1. The molecular weight excluding hydrogens is 328 g/mol. The first-order valence-electron chi connectivity index (χ1n) is 7.69. The molecule has 2 aromatic carbocycles. The minimum Gasteiger partial charge on any atom is -0.507 e. The van der Waals surface area contributed by atoms with E-state index < -0.39 is 17.5 Å². The number of benzene rings is 2. The van der Waals surface area contributed by atoms with Crippen LogP contribution in [0.4, 0.5) is 0 Å². The average molecular weight is 344 g/mol. The molecule has 25 heavy (non-hydrogen) atoms. The van der Waals surface area contributed by atoms with Crippen molar-refractivity contribution in [1.29, 1.82) is 0 Å². The second-order valence-corrected chi connectivity index (χ2v) is 6.09. The van der Waals surface area contributed by atoms with Crippen LogP contribution in [-0.4, -0.2) is 40.9 Å². The van der Waals surface area contributed by atoms with Crippen LogP contribution < -0.4 is 14.2 Å². The second kappa shape index (κ2) is 5.03. The summed E-state index contributed by atoms with van der Waals surface area (Å²) in [5.41, 5.74) is -1.72. The Morgan fingerprint density at radius 1 is 1.32 bits per heavy atom.